The zero-order valence-electron chi connectivity index (χ0n) is 21.8. The molecule has 0 aromatic carbocycles. The van der Waals surface area contributed by atoms with Crippen LogP contribution in [0.4, 0.5) is 0 Å². The van der Waals surface area contributed by atoms with Crippen molar-refractivity contribution in [1.29, 1.82) is 5.26 Å². The average molecular weight is 478 g/mol. The van der Waals surface area contributed by atoms with Crippen LogP contribution in [0.3, 0.4) is 0 Å². The lowest BCUT2D eigenvalue weighted by molar-refractivity contribution is -0.0454. The van der Waals surface area contributed by atoms with Gasteiger partial charge >= 0.3 is 0 Å². The largest absolute Gasteiger partial charge is 0.412 e. The molecule has 0 saturated heterocycles. The molecule has 0 aliphatic heterocycles. The summed E-state index contributed by atoms with van der Waals surface area (Å²) in [6.07, 6.45) is 11.0. The standard InChI is InChI=1S/C26H42O4.C2H3N.H2O/c1-17-20(15-21(27)16-24(17)28)9-8-19-7-6-12-26(5)22(10-11-23(19)26)18(2)30-14-13-25(3,4)29;1-2-3;/h8-9,18,21-24,27-29H,1,6-7,10-16H2,2-5H3;1H3;1H2/b19-8+,20-9-;;/t18-,21+,22+,23-,24-,26+;;/m0../s1. The Morgan fingerprint density at radius 1 is 1.29 bits per heavy atom. The molecule has 6 heteroatoms. The van der Waals surface area contributed by atoms with Crippen LogP contribution in [0.2, 0.25) is 0 Å². The molecule has 0 amide bonds. The number of nitrogens with zero attached hydrogens (tertiary/aromatic N) is 1. The number of hydrogen-bond donors (Lipinski definition) is 3. The summed E-state index contributed by atoms with van der Waals surface area (Å²) in [5.41, 5.74) is 2.82. The highest BCUT2D eigenvalue weighted by atomic mass is 16.5. The molecule has 0 aromatic heterocycles. The van der Waals surface area contributed by atoms with E-state index in [4.69, 9.17) is 10.00 Å². The van der Waals surface area contributed by atoms with Gasteiger partial charge in [0, 0.05) is 20.0 Å². The highest BCUT2D eigenvalue weighted by molar-refractivity contribution is 5.38. The van der Waals surface area contributed by atoms with E-state index in [-0.39, 0.29) is 17.0 Å². The van der Waals surface area contributed by atoms with Crippen LogP contribution in [0.5, 0.6) is 0 Å². The lowest BCUT2D eigenvalue weighted by atomic mass is 9.62. The molecular formula is C28H47NO5. The van der Waals surface area contributed by atoms with E-state index in [1.54, 1.807) is 6.07 Å². The zero-order valence-corrected chi connectivity index (χ0v) is 21.8. The number of aliphatic hydroxyl groups excluding tert-OH is 2. The molecule has 0 heterocycles. The van der Waals surface area contributed by atoms with Crippen molar-refractivity contribution in [2.24, 2.45) is 17.3 Å². The first-order valence-corrected chi connectivity index (χ1v) is 12.5. The maximum atomic E-state index is 10.1. The van der Waals surface area contributed by atoms with E-state index < -0.39 is 17.8 Å². The highest BCUT2D eigenvalue weighted by Crippen LogP contribution is 2.58. The number of ether oxygens (including phenoxy) is 1. The van der Waals surface area contributed by atoms with E-state index in [9.17, 15) is 15.3 Å². The predicted molar refractivity (Wildman–Crippen MR) is 136 cm³/mol. The van der Waals surface area contributed by atoms with Crippen LogP contribution < -0.4 is 0 Å². The van der Waals surface area contributed by atoms with Crippen molar-refractivity contribution in [3.8, 4) is 6.07 Å². The Balaban J connectivity index is 0.00000137. The molecule has 6 nitrogen and oxygen atoms in total. The van der Waals surface area contributed by atoms with Gasteiger partial charge in [-0.15, -0.1) is 0 Å². The molecule has 0 aromatic rings. The molecular weight excluding hydrogens is 430 g/mol. The molecule has 0 bridgehead atoms. The van der Waals surface area contributed by atoms with Gasteiger partial charge in [0.2, 0.25) is 0 Å². The first-order valence-electron chi connectivity index (χ1n) is 12.5. The van der Waals surface area contributed by atoms with Crippen molar-refractivity contribution < 1.29 is 25.5 Å². The van der Waals surface area contributed by atoms with Crippen LogP contribution in [-0.2, 0) is 4.74 Å². The Labute approximate surface area is 206 Å². The fraction of sp³-hybridized carbons (Fsp3) is 0.750. The van der Waals surface area contributed by atoms with E-state index in [0.29, 0.717) is 37.7 Å². The summed E-state index contributed by atoms with van der Waals surface area (Å²) in [7, 11) is 0. The molecule has 6 atom stereocenters. The monoisotopic (exact) mass is 477 g/mol. The third-order valence-corrected chi connectivity index (χ3v) is 7.96. The number of aliphatic hydroxyl groups is 3. The van der Waals surface area contributed by atoms with Crippen LogP contribution in [-0.4, -0.2) is 51.3 Å². The maximum Gasteiger partial charge on any atom is 0.0811 e. The molecule has 0 radical (unpaired) electrons. The molecule has 3 saturated carbocycles. The van der Waals surface area contributed by atoms with Gasteiger partial charge < -0.3 is 25.5 Å². The first-order chi connectivity index (χ1) is 15.4. The van der Waals surface area contributed by atoms with Crippen molar-refractivity contribution in [1.82, 2.24) is 0 Å². The molecule has 3 fully saturated rings. The lowest BCUT2D eigenvalue weighted by Crippen LogP contribution is -2.39. The van der Waals surface area contributed by atoms with E-state index in [1.807, 2.05) is 13.8 Å². The Kier molecular flexibility index (Phi) is 11.7. The Morgan fingerprint density at radius 2 is 1.94 bits per heavy atom. The summed E-state index contributed by atoms with van der Waals surface area (Å²) in [6, 6.07) is 1.75. The van der Waals surface area contributed by atoms with Gasteiger partial charge in [-0.2, -0.15) is 5.26 Å². The average Bonchev–Trinajstić information content (AvgIpc) is 3.06. The van der Waals surface area contributed by atoms with Gasteiger partial charge in [-0.3, -0.25) is 0 Å². The minimum Gasteiger partial charge on any atom is -0.412 e. The topological polar surface area (TPSA) is 125 Å². The summed E-state index contributed by atoms with van der Waals surface area (Å²) < 4.78 is 6.19. The Morgan fingerprint density at radius 3 is 2.56 bits per heavy atom. The van der Waals surface area contributed by atoms with Gasteiger partial charge in [-0.05, 0) is 94.1 Å². The zero-order chi connectivity index (χ0) is 24.8. The molecule has 0 unspecified atom stereocenters. The quantitative estimate of drug-likeness (QED) is 0.523. The van der Waals surface area contributed by atoms with Crippen molar-refractivity contribution in [3.63, 3.8) is 0 Å². The SMILES string of the molecule is C=C1/C(=C\C=C2/CCC[C@]3(C)[C@@H]([C@H](C)OCCC(C)(C)O)CC[C@@H]23)C[C@@H](O)C[C@@H]1O.CC#N.O. The van der Waals surface area contributed by atoms with Crippen molar-refractivity contribution in [3.05, 3.63) is 35.5 Å². The van der Waals surface area contributed by atoms with Crippen molar-refractivity contribution in [2.75, 3.05) is 6.61 Å². The van der Waals surface area contributed by atoms with Gasteiger partial charge in [0.25, 0.3) is 0 Å². The molecule has 3 rings (SSSR count). The van der Waals surface area contributed by atoms with Gasteiger partial charge in [-0.25, -0.2) is 0 Å². The van der Waals surface area contributed by atoms with E-state index >= 15 is 0 Å². The van der Waals surface area contributed by atoms with Gasteiger partial charge in [0.1, 0.15) is 0 Å². The second kappa shape index (κ2) is 13.0. The highest BCUT2D eigenvalue weighted by Gasteiger charge is 2.51. The minimum atomic E-state index is -0.680. The normalized spacial score (nSPS) is 34.5. The third-order valence-electron chi connectivity index (χ3n) is 7.96. The van der Waals surface area contributed by atoms with Crippen LogP contribution in [0.25, 0.3) is 0 Å². The van der Waals surface area contributed by atoms with Crippen LogP contribution in [0.15, 0.2) is 35.5 Å². The fourth-order valence-corrected chi connectivity index (χ4v) is 6.13. The fourth-order valence-electron chi connectivity index (χ4n) is 6.13. The maximum absolute atomic E-state index is 10.1. The Hall–Kier alpha value is -1.49. The van der Waals surface area contributed by atoms with E-state index in [2.05, 4.69) is 32.6 Å². The molecule has 0 spiro atoms. The number of rotatable bonds is 6. The van der Waals surface area contributed by atoms with Crippen LogP contribution in [0.1, 0.15) is 86.0 Å². The third kappa shape index (κ3) is 7.76. The number of fused-ring (bicyclic) bond motifs is 1. The molecule has 3 aliphatic carbocycles. The Bertz CT molecular complexity index is 775. The summed E-state index contributed by atoms with van der Waals surface area (Å²) in [5, 5.41) is 37.4. The van der Waals surface area contributed by atoms with E-state index in [1.165, 1.54) is 38.2 Å². The summed E-state index contributed by atoms with van der Waals surface area (Å²) in [6.45, 7) is 14.4. The number of allylic oxidation sites excluding steroid dienone is 3. The number of hydrogen-bond acceptors (Lipinski definition) is 5. The number of nitriles is 1. The molecule has 3 aliphatic rings. The smallest absolute Gasteiger partial charge is 0.0811 e. The van der Waals surface area contributed by atoms with Crippen LogP contribution >= 0.6 is 0 Å². The summed E-state index contributed by atoms with van der Waals surface area (Å²) in [4.78, 5) is 0. The van der Waals surface area contributed by atoms with E-state index in [0.717, 1.165) is 17.6 Å². The van der Waals surface area contributed by atoms with Crippen LogP contribution in [0, 0.1) is 28.6 Å². The second-order valence-electron chi connectivity index (χ2n) is 11.0. The second-order valence-corrected chi connectivity index (χ2v) is 11.0. The summed E-state index contributed by atoms with van der Waals surface area (Å²) in [5.74, 6) is 1.11. The summed E-state index contributed by atoms with van der Waals surface area (Å²) >= 11 is 0. The van der Waals surface area contributed by atoms with Crippen molar-refractivity contribution in [2.45, 2.75) is 110 Å². The van der Waals surface area contributed by atoms with Gasteiger partial charge in [0.05, 0.1) is 30.0 Å². The first kappa shape index (κ1) is 30.5. The van der Waals surface area contributed by atoms with Crippen molar-refractivity contribution >= 4 is 0 Å². The molecule has 34 heavy (non-hydrogen) atoms. The van der Waals surface area contributed by atoms with Gasteiger partial charge in [0.15, 0.2) is 0 Å². The minimum absolute atomic E-state index is 0. The molecule has 194 valence electrons. The molecule has 5 N–H and O–H groups in total. The van der Waals surface area contributed by atoms with Gasteiger partial charge in [-0.1, -0.05) is 31.2 Å². The lowest BCUT2D eigenvalue weighted by Gasteiger charge is -2.44. The predicted octanol–water partition coefficient (Wildman–Crippen LogP) is 4.40.